The molecule has 0 aliphatic heterocycles. The lowest BCUT2D eigenvalue weighted by molar-refractivity contribution is -0.384. The third-order valence-corrected chi connectivity index (χ3v) is 2.89. The summed E-state index contributed by atoms with van der Waals surface area (Å²) in [5.41, 5.74) is 3.53. The van der Waals surface area contributed by atoms with Crippen LogP contribution in [0.25, 0.3) is 0 Å². The van der Waals surface area contributed by atoms with Crippen LogP contribution in [0.3, 0.4) is 0 Å². The van der Waals surface area contributed by atoms with E-state index >= 15 is 0 Å². The largest absolute Gasteiger partial charge is 0.384 e. The van der Waals surface area contributed by atoms with Crippen molar-refractivity contribution in [2.24, 2.45) is 12.9 Å². The summed E-state index contributed by atoms with van der Waals surface area (Å²) in [6.07, 6.45) is 4.33. The molecule has 1 heterocycles. The maximum Gasteiger partial charge on any atom is 0.273 e. The summed E-state index contributed by atoms with van der Waals surface area (Å²) >= 11 is 0. The van der Waals surface area contributed by atoms with E-state index in [1.807, 2.05) is 17.8 Å². The molecule has 8 heteroatoms. The number of anilines is 2. The smallest absolute Gasteiger partial charge is 0.273 e. The van der Waals surface area contributed by atoms with E-state index in [0.29, 0.717) is 17.9 Å². The van der Waals surface area contributed by atoms with Crippen molar-refractivity contribution in [3.05, 3.63) is 46.5 Å². The fourth-order valence-electron chi connectivity index (χ4n) is 1.86. The van der Waals surface area contributed by atoms with Crippen LogP contribution >= 0.6 is 0 Å². The first-order valence-corrected chi connectivity index (χ1v) is 6.06. The Labute approximate surface area is 115 Å². The number of nitro benzene ring substituents is 1. The van der Waals surface area contributed by atoms with Crippen molar-refractivity contribution in [3.8, 4) is 0 Å². The lowest BCUT2D eigenvalue weighted by atomic mass is 10.2. The summed E-state index contributed by atoms with van der Waals surface area (Å²) in [6, 6.07) is 4.56. The maximum atomic E-state index is 10.8. The molecule has 0 radical (unpaired) electrons. The monoisotopic (exact) mass is 276 g/mol. The van der Waals surface area contributed by atoms with E-state index in [0.717, 1.165) is 12.2 Å². The Morgan fingerprint density at radius 1 is 1.40 bits per heavy atom. The second-order valence-electron chi connectivity index (χ2n) is 4.30. The molecule has 2 aromatic rings. The van der Waals surface area contributed by atoms with Crippen molar-refractivity contribution in [2.45, 2.75) is 6.42 Å². The van der Waals surface area contributed by atoms with Gasteiger partial charge in [0.2, 0.25) is 0 Å². The molecule has 20 heavy (non-hydrogen) atoms. The number of non-ortho nitro benzene ring substituents is 1. The van der Waals surface area contributed by atoms with Gasteiger partial charge >= 0.3 is 0 Å². The molecule has 1 aromatic carbocycles. The van der Waals surface area contributed by atoms with Crippen molar-refractivity contribution in [1.29, 1.82) is 0 Å². The first kappa shape index (κ1) is 13.8. The SMILES string of the molecule is Cn1ccnc1CCNc1cc(NN)cc([N+](=O)[O-])c1. The van der Waals surface area contributed by atoms with Gasteiger partial charge in [0.25, 0.3) is 5.69 Å². The first-order chi connectivity index (χ1) is 9.60. The fourth-order valence-corrected chi connectivity index (χ4v) is 1.86. The number of nitrogens with two attached hydrogens (primary N) is 1. The molecule has 0 saturated heterocycles. The van der Waals surface area contributed by atoms with E-state index in [2.05, 4.69) is 15.7 Å². The number of aryl methyl sites for hydroxylation is 1. The Kier molecular flexibility index (Phi) is 4.16. The number of rotatable bonds is 6. The third-order valence-electron chi connectivity index (χ3n) is 2.89. The van der Waals surface area contributed by atoms with E-state index < -0.39 is 4.92 Å². The normalized spacial score (nSPS) is 10.3. The van der Waals surface area contributed by atoms with Crippen LogP contribution in [-0.4, -0.2) is 21.0 Å². The Morgan fingerprint density at radius 3 is 2.75 bits per heavy atom. The molecule has 106 valence electrons. The van der Waals surface area contributed by atoms with Crippen LogP contribution in [0.1, 0.15) is 5.82 Å². The molecule has 0 aliphatic rings. The number of hydrazine groups is 1. The molecular formula is C12H16N6O2. The highest BCUT2D eigenvalue weighted by Crippen LogP contribution is 2.23. The summed E-state index contributed by atoms with van der Waals surface area (Å²) in [7, 11) is 1.92. The molecule has 0 saturated carbocycles. The minimum atomic E-state index is -0.454. The standard InChI is InChI=1S/C12H16N6O2/c1-17-5-4-15-12(17)2-3-14-9-6-10(16-13)8-11(7-9)18(19)20/h4-8,14,16H,2-3,13H2,1H3. The van der Waals surface area contributed by atoms with Gasteiger partial charge in [-0.15, -0.1) is 0 Å². The minimum absolute atomic E-state index is 0.0139. The summed E-state index contributed by atoms with van der Waals surface area (Å²) in [4.78, 5) is 14.6. The zero-order valence-corrected chi connectivity index (χ0v) is 11.0. The molecule has 0 amide bonds. The van der Waals surface area contributed by atoms with Gasteiger partial charge in [-0.3, -0.25) is 16.0 Å². The number of nitrogens with zero attached hydrogens (tertiary/aromatic N) is 3. The zero-order chi connectivity index (χ0) is 14.5. The van der Waals surface area contributed by atoms with Gasteiger partial charge in [0, 0.05) is 50.2 Å². The first-order valence-electron chi connectivity index (χ1n) is 6.06. The van der Waals surface area contributed by atoms with Crippen molar-refractivity contribution in [2.75, 3.05) is 17.3 Å². The Bertz CT molecular complexity index is 610. The van der Waals surface area contributed by atoms with Crippen LogP contribution in [0.15, 0.2) is 30.6 Å². The predicted octanol–water partition coefficient (Wildman–Crippen LogP) is 1.27. The van der Waals surface area contributed by atoms with Crippen LogP contribution in [0.2, 0.25) is 0 Å². The highest BCUT2D eigenvalue weighted by atomic mass is 16.6. The van der Waals surface area contributed by atoms with E-state index in [1.54, 1.807) is 12.3 Å². The van der Waals surface area contributed by atoms with E-state index in [-0.39, 0.29) is 5.69 Å². The van der Waals surface area contributed by atoms with Gasteiger partial charge in [-0.2, -0.15) is 0 Å². The molecule has 8 nitrogen and oxygen atoms in total. The van der Waals surface area contributed by atoms with Gasteiger partial charge in [0.05, 0.1) is 10.6 Å². The lowest BCUT2D eigenvalue weighted by Gasteiger charge is -2.08. The number of nitrogen functional groups attached to an aromatic ring is 1. The van der Waals surface area contributed by atoms with Crippen molar-refractivity contribution < 1.29 is 4.92 Å². The van der Waals surface area contributed by atoms with Crippen LogP contribution < -0.4 is 16.6 Å². The average Bonchev–Trinajstić information content (AvgIpc) is 2.84. The van der Waals surface area contributed by atoms with Crippen LogP contribution in [0, 0.1) is 10.1 Å². The summed E-state index contributed by atoms with van der Waals surface area (Å²) < 4.78 is 1.93. The second-order valence-corrected chi connectivity index (χ2v) is 4.30. The molecule has 4 N–H and O–H groups in total. The number of nitro groups is 1. The maximum absolute atomic E-state index is 10.8. The molecule has 0 atom stereocenters. The van der Waals surface area contributed by atoms with Crippen molar-refractivity contribution in [1.82, 2.24) is 9.55 Å². The van der Waals surface area contributed by atoms with Gasteiger partial charge in [-0.05, 0) is 6.07 Å². The van der Waals surface area contributed by atoms with Crippen molar-refractivity contribution >= 4 is 17.1 Å². The molecule has 0 fully saturated rings. The molecule has 0 bridgehead atoms. The number of benzene rings is 1. The predicted molar refractivity (Wildman–Crippen MR) is 76.3 cm³/mol. The fraction of sp³-hybridized carbons (Fsp3) is 0.250. The number of aromatic nitrogens is 2. The average molecular weight is 276 g/mol. The summed E-state index contributed by atoms with van der Waals surface area (Å²) in [6.45, 7) is 0.621. The summed E-state index contributed by atoms with van der Waals surface area (Å²) in [5, 5.41) is 13.9. The molecule has 0 aliphatic carbocycles. The van der Waals surface area contributed by atoms with Crippen molar-refractivity contribution in [3.63, 3.8) is 0 Å². The highest BCUT2D eigenvalue weighted by Gasteiger charge is 2.09. The Morgan fingerprint density at radius 2 is 2.15 bits per heavy atom. The molecule has 1 aromatic heterocycles. The van der Waals surface area contributed by atoms with Gasteiger partial charge in [-0.25, -0.2) is 4.98 Å². The molecule has 0 unspecified atom stereocenters. The quantitative estimate of drug-likeness (QED) is 0.416. The Balaban J connectivity index is 2.03. The topological polar surface area (TPSA) is 111 Å². The minimum Gasteiger partial charge on any atom is -0.384 e. The van der Waals surface area contributed by atoms with Gasteiger partial charge in [0.1, 0.15) is 5.82 Å². The van der Waals surface area contributed by atoms with Crippen LogP contribution in [0.5, 0.6) is 0 Å². The molecular weight excluding hydrogens is 260 g/mol. The van der Waals surface area contributed by atoms with Crippen LogP contribution in [-0.2, 0) is 13.5 Å². The number of hydrogen-bond acceptors (Lipinski definition) is 6. The molecule has 0 spiro atoms. The van der Waals surface area contributed by atoms with Crippen LogP contribution in [0.4, 0.5) is 17.1 Å². The number of imidazole rings is 1. The lowest BCUT2D eigenvalue weighted by Crippen LogP contribution is -2.10. The third kappa shape index (κ3) is 3.23. The highest BCUT2D eigenvalue weighted by molar-refractivity contribution is 5.63. The number of hydrogen-bond donors (Lipinski definition) is 3. The van der Waals surface area contributed by atoms with E-state index in [9.17, 15) is 10.1 Å². The number of nitrogens with one attached hydrogen (secondary N) is 2. The molecule has 2 rings (SSSR count). The summed E-state index contributed by atoms with van der Waals surface area (Å²) in [5.74, 6) is 6.24. The van der Waals surface area contributed by atoms with Gasteiger partial charge < -0.3 is 15.3 Å². The van der Waals surface area contributed by atoms with Gasteiger partial charge in [-0.1, -0.05) is 0 Å². The van der Waals surface area contributed by atoms with Gasteiger partial charge in [0.15, 0.2) is 0 Å². The Hall–Kier alpha value is -2.61. The van der Waals surface area contributed by atoms with E-state index in [4.69, 9.17) is 5.84 Å². The second kappa shape index (κ2) is 6.02. The van der Waals surface area contributed by atoms with E-state index in [1.165, 1.54) is 12.1 Å². The zero-order valence-electron chi connectivity index (χ0n) is 11.0.